The molecule has 1 heterocycles. The molecule has 0 bridgehead atoms. The molecule has 0 saturated carbocycles. The van der Waals surface area contributed by atoms with Gasteiger partial charge >= 0.3 is 0 Å². The Balaban J connectivity index is 1.69. The predicted octanol–water partition coefficient (Wildman–Crippen LogP) is 4.00. The van der Waals surface area contributed by atoms with E-state index < -0.39 is 0 Å². The Hall–Kier alpha value is -2.04. The molecule has 2 aromatic rings. The number of hydroxylamine groups is 1. The standard InChI is InChI=1S/C21H28N2O2/c1-22(2)18-13-11-17(12-14-18)8-7-15-21(24-3)16-23(25-4)20-10-6-5-9-19(20)21/h5-6,9-14H,7-8,15-16H2,1-4H3. The molecule has 1 atom stereocenters. The Morgan fingerprint density at radius 3 is 2.40 bits per heavy atom. The van der Waals surface area contributed by atoms with Gasteiger partial charge in [0.25, 0.3) is 0 Å². The average Bonchev–Trinajstić information content (AvgIpc) is 2.97. The highest BCUT2D eigenvalue weighted by atomic mass is 16.7. The van der Waals surface area contributed by atoms with Crippen LogP contribution in [0.1, 0.15) is 24.0 Å². The van der Waals surface area contributed by atoms with E-state index in [-0.39, 0.29) is 5.60 Å². The second kappa shape index (κ2) is 7.46. The number of benzene rings is 2. The van der Waals surface area contributed by atoms with Crippen LogP contribution in [0.4, 0.5) is 11.4 Å². The van der Waals surface area contributed by atoms with Gasteiger partial charge in [0.2, 0.25) is 0 Å². The molecule has 0 amide bonds. The summed E-state index contributed by atoms with van der Waals surface area (Å²) in [6.07, 6.45) is 3.09. The Bertz CT molecular complexity index is 699. The minimum absolute atomic E-state index is 0.295. The number of methoxy groups -OCH3 is 1. The van der Waals surface area contributed by atoms with Crippen LogP contribution in [-0.4, -0.2) is 34.9 Å². The highest BCUT2D eigenvalue weighted by Crippen LogP contribution is 2.44. The first-order chi connectivity index (χ1) is 12.1. The summed E-state index contributed by atoms with van der Waals surface area (Å²) in [4.78, 5) is 7.67. The lowest BCUT2D eigenvalue weighted by atomic mass is 9.89. The van der Waals surface area contributed by atoms with Gasteiger partial charge in [0.15, 0.2) is 0 Å². The van der Waals surface area contributed by atoms with Crippen LogP contribution in [0, 0.1) is 0 Å². The number of nitrogens with zero attached hydrogens (tertiary/aromatic N) is 2. The number of fused-ring (bicyclic) bond motifs is 1. The van der Waals surface area contributed by atoms with Crippen molar-refractivity contribution in [2.45, 2.75) is 24.9 Å². The zero-order chi connectivity index (χ0) is 17.9. The largest absolute Gasteiger partial charge is 0.378 e. The first-order valence-electron chi connectivity index (χ1n) is 8.82. The van der Waals surface area contributed by atoms with Gasteiger partial charge in [-0.2, -0.15) is 0 Å². The monoisotopic (exact) mass is 340 g/mol. The molecule has 1 unspecified atom stereocenters. The number of anilines is 2. The summed E-state index contributed by atoms with van der Waals surface area (Å²) in [7, 11) is 7.66. The van der Waals surface area contributed by atoms with Crippen LogP contribution in [0.25, 0.3) is 0 Å². The quantitative estimate of drug-likeness (QED) is 0.761. The van der Waals surface area contributed by atoms with Crippen molar-refractivity contribution in [3.05, 3.63) is 59.7 Å². The third kappa shape index (κ3) is 3.51. The average molecular weight is 340 g/mol. The third-order valence-electron chi connectivity index (χ3n) is 5.17. The van der Waals surface area contributed by atoms with Crippen LogP contribution in [0.2, 0.25) is 0 Å². The molecule has 4 nitrogen and oxygen atoms in total. The van der Waals surface area contributed by atoms with Gasteiger partial charge < -0.3 is 9.64 Å². The SMILES string of the molecule is CON1CC(CCCc2ccc(N(C)C)cc2)(OC)c2ccccc21. The molecular formula is C21H28N2O2. The minimum Gasteiger partial charge on any atom is -0.378 e. The number of aryl methyl sites for hydroxylation is 1. The van der Waals surface area contributed by atoms with Crippen molar-refractivity contribution in [3.8, 4) is 0 Å². The summed E-state index contributed by atoms with van der Waals surface area (Å²) >= 11 is 0. The molecule has 0 saturated heterocycles. The topological polar surface area (TPSA) is 24.9 Å². The fourth-order valence-corrected chi connectivity index (χ4v) is 3.67. The minimum atomic E-state index is -0.295. The van der Waals surface area contributed by atoms with E-state index in [1.54, 1.807) is 7.11 Å². The molecule has 134 valence electrons. The van der Waals surface area contributed by atoms with Gasteiger partial charge in [0.05, 0.1) is 19.3 Å². The molecule has 1 aliphatic rings. The fourth-order valence-electron chi connectivity index (χ4n) is 3.67. The number of ether oxygens (including phenoxy) is 1. The van der Waals surface area contributed by atoms with E-state index in [0.29, 0.717) is 0 Å². The van der Waals surface area contributed by atoms with Gasteiger partial charge in [0, 0.05) is 32.5 Å². The van der Waals surface area contributed by atoms with E-state index in [9.17, 15) is 0 Å². The van der Waals surface area contributed by atoms with E-state index in [2.05, 4.69) is 61.5 Å². The molecule has 4 heteroatoms. The van der Waals surface area contributed by atoms with Gasteiger partial charge in [0.1, 0.15) is 5.60 Å². The van der Waals surface area contributed by atoms with E-state index in [1.807, 2.05) is 18.2 Å². The van der Waals surface area contributed by atoms with E-state index in [1.165, 1.54) is 16.8 Å². The second-order valence-electron chi connectivity index (χ2n) is 6.85. The van der Waals surface area contributed by atoms with Crippen LogP contribution in [0.15, 0.2) is 48.5 Å². The van der Waals surface area contributed by atoms with Crippen LogP contribution >= 0.6 is 0 Å². The van der Waals surface area contributed by atoms with Crippen molar-refractivity contribution in [2.75, 3.05) is 44.8 Å². The normalized spacial score (nSPS) is 19.1. The summed E-state index contributed by atoms with van der Waals surface area (Å²) in [5.74, 6) is 0. The molecular weight excluding hydrogens is 312 g/mol. The maximum Gasteiger partial charge on any atom is 0.115 e. The van der Waals surface area contributed by atoms with E-state index in [0.717, 1.165) is 31.5 Å². The van der Waals surface area contributed by atoms with Gasteiger partial charge in [-0.3, -0.25) is 9.90 Å². The molecule has 0 N–H and O–H groups in total. The summed E-state index contributed by atoms with van der Waals surface area (Å²) in [6.45, 7) is 0.735. The molecule has 3 rings (SSSR count). The van der Waals surface area contributed by atoms with Crippen molar-refractivity contribution in [3.63, 3.8) is 0 Å². The smallest absolute Gasteiger partial charge is 0.115 e. The summed E-state index contributed by atoms with van der Waals surface area (Å²) in [6, 6.07) is 17.2. The predicted molar refractivity (Wildman–Crippen MR) is 103 cm³/mol. The lowest BCUT2D eigenvalue weighted by Crippen LogP contribution is -2.35. The molecule has 0 aromatic heterocycles. The van der Waals surface area contributed by atoms with Crippen molar-refractivity contribution >= 4 is 11.4 Å². The van der Waals surface area contributed by atoms with E-state index in [4.69, 9.17) is 9.57 Å². The molecule has 0 radical (unpaired) electrons. The first-order valence-corrected chi connectivity index (χ1v) is 8.82. The fraction of sp³-hybridized carbons (Fsp3) is 0.429. The van der Waals surface area contributed by atoms with Crippen LogP contribution in [0.5, 0.6) is 0 Å². The van der Waals surface area contributed by atoms with Gasteiger partial charge in [-0.1, -0.05) is 30.3 Å². The zero-order valence-corrected chi connectivity index (χ0v) is 15.7. The highest BCUT2D eigenvalue weighted by Gasteiger charge is 2.42. The maximum atomic E-state index is 6.02. The third-order valence-corrected chi connectivity index (χ3v) is 5.17. The van der Waals surface area contributed by atoms with Gasteiger partial charge in [-0.15, -0.1) is 0 Å². The number of para-hydroxylation sites is 1. The van der Waals surface area contributed by atoms with E-state index >= 15 is 0 Å². The summed E-state index contributed by atoms with van der Waals surface area (Å²) in [5, 5.41) is 1.94. The lowest BCUT2D eigenvalue weighted by molar-refractivity contribution is -0.0230. The first kappa shape index (κ1) is 17.8. The molecule has 0 fully saturated rings. The zero-order valence-electron chi connectivity index (χ0n) is 15.7. The molecule has 25 heavy (non-hydrogen) atoms. The number of rotatable bonds is 7. The van der Waals surface area contributed by atoms with Crippen molar-refractivity contribution in [1.82, 2.24) is 0 Å². The number of hydrogen-bond acceptors (Lipinski definition) is 4. The highest BCUT2D eigenvalue weighted by molar-refractivity contribution is 5.59. The Labute approximate surface area is 150 Å². The summed E-state index contributed by atoms with van der Waals surface area (Å²) in [5.41, 5.74) is 4.64. The van der Waals surface area contributed by atoms with Gasteiger partial charge in [-0.25, -0.2) is 0 Å². The maximum absolute atomic E-state index is 6.02. The second-order valence-corrected chi connectivity index (χ2v) is 6.85. The Morgan fingerprint density at radius 2 is 1.76 bits per heavy atom. The molecule has 0 spiro atoms. The van der Waals surface area contributed by atoms with Crippen LogP contribution in [0.3, 0.4) is 0 Å². The summed E-state index contributed by atoms with van der Waals surface area (Å²) < 4.78 is 6.02. The molecule has 1 aliphatic heterocycles. The Kier molecular flexibility index (Phi) is 5.30. The lowest BCUT2D eigenvalue weighted by Gasteiger charge is -2.28. The Morgan fingerprint density at radius 1 is 1.04 bits per heavy atom. The van der Waals surface area contributed by atoms with Crippen LogP contribution in [-0.2, 0) is 21.6 Å². The van der Waals surface area contributed by atoms with Crippen molar-refractivity contribution < 1.29 is 9.57 Å². The van der Waals surface area contributed by atoms with Crippen molar-refractivity contribution in [2.24, 2.45) is 0 Å². The number of hydrogen-bond donors (Lipinski definition) is 0. The van der Waals surface area contributed by atoms with Crippen LogP contribution < -0.4 is 9.96 Å². The van der Waals surface area contributed by atoms with Gasteiger partial charge in [-0.05, 0) is 43.0 Å². The molecule has 2 aromatic carbocycles. The van der Waals surface area contributed by atoms with Crippen molar-refractivity contribution in [1.29, 1.82) is 0 Å². The molecule has 0 aliphatic carbocycles.